The zero-order valence-corrected chi connectivity index (χ0v) is 13.4. The Balaban J connectivity index is 1.78. The van der Waals surface area contributed by atoms with Crippen LogP contribution in [0.2, 0.25) is 5.02 Å². The normalized spacial score (nSPS) is 11.2. The third-order valence-corrected chi connectivity index (χ3v) is 4.59. The van der Waals surface area contributed by atoms with Gasteiger partial charge in [-0.1, -0.05) is 59.3 Å². The van der Waals surface area contributed by atoms with E-state index in [1.165, 1.54) is 17.4 Å². The van der Waals surface area contributed by atoms with E-state index in [0.29, 0.717) is 10.2 Å². The van der Waals surface area contributed by atoms with Gasteiger partial charge in [-0.15, -0.1) is 0 Å². The molecule has 0 bridgehead atoms. The molecule has 110 valence electrons. The maximum atomic E-state index is 12.0. The molecule has 0 saturated carbocycles. The molecule has 3 nitrogen and oxygen atoms in total. The maximum absolute atomic E-state index is 12.0. The Labute approximate surface area is 137 Å². The fraction of sp³-hybridized carbons (Fsp3) is 0.0588. The van der Waals surface area contributed by atoms with Gasteiger partial charge < -0.3 is 0 Å². The summed E-state index contributed by atoms with van der Waals surface area (Å²) < 4.78 is 0.893. The lowest BCUT2D eigenvalue weighted by molar-refractivity contribution is -0.111. The van der Waals surface area contributed by atoms with Gasteiger partial charge in [-0.25, -0.2) is 4.98 Å². The summed E-state index contributed by atoms with van der Waals surface area (Å²) in [4.78, 5) is 16.4. The van der Waals surface area contributed by atoms with Gasteiger partial charge in [0, 0.05) is 6.08 Å². The molecule has 3 rings (SSSR count). The van der Waals surface area contributed by atoms with Crippen molar-refractivity contribution >= 4 is 50.3 Å². The van der Waals surface area contributed by atoms with Gasteiger partial charge in [-0.05, 0) is 30.2 Å². The number of aryl methyl sites for hydroxylation is 1. The number of nitrogens with zero attached hydrogens (tertiary/aromatic N) is 1. The number of aromatic nitrogens is 1. The van der Waals surface area contributed by atoms with Gasteiger partial charge in [-0.2, -0.15) is 0 Å². The van der Waals surface area contributed by atoms with E-state index in [0.717, 1.165) is 21.3 Å². The lowest BCUT2D eigenvalue weighted by Crippen LogP contribution is -2.07. The molecule has 1 heterocycles. The number of amides is 1. The van der Waals surface area contributed by atoms with Gasteiger partial charge in [0.25, 0.3) is 0 Å². The van der Waals surface area contributed by atoms with Crippen molar-refractivity contribution in [3.63, 3.8) is 0 Å². The molecule has 0 spiro atoms. The van der Waals surface area contributed by atoms with Gasteiger partial charge in [0.2, 0.25) is 5.91 Å². The number of nitrogens with one attached hydrogen (secondary N) is 1. The summed E-state index contributed by atoms with van der Waals surface area (Å²) in [5.41, 5.74) is 2.84. The summed E-state index contributed by atoms with van der Waals surface area (Å²) in [6.07, 6.45) is 3.26. The molecule has 0 aliphatic heterocycles. The molecule has 0 aliphatic carbocycles. The molecule has 0 radical (unpaired) electrons. The van der Waals surface area contributed by atoms with Crippen LogP contribution in [0.3, 0.4) is 0 Å². The molecule has 0 saturated heterocycles. The molecule has 1 amide bonds. The second kappa shape index (κ2) is 6.30. The first-order valence-corrected chi connectivity index (χ1v) is 7.93. The predicted octanol–water partition coefficient (Wildman–Crippen LogP) is 4.91. The lowest BCUT2D eigenvalue weighted by Gasteiger charge is -1.95. The maximum Gasteiger partial charge on any atom is 0.250 e. The van der Waals surface area contributed by atoms with Crippen molar-refractivity contribution in [2.45, 2.75) is 6.92 Å². The number of carbonyl (C=O) groups excluding carboxylic acids is 1. The number of rotatable bonds is 3. The quantitative estimate of drug-likeness (QED) is 0.694. The molecule has 0 fully saturated rings. The molecule has 1 N–H and O–H groups in total. The molecular formula is C17H13ClN2OS. The molecule has 0 unspecified atom stereocenters. The number of halogens is 1. The van der Waals surface area contributed by atoms with Crippen LogP contribution in [0.25, 0.3) is 16.3 Å². The molecule has 3 aromatic rings. The van der Waals surface area contributed by atoms with E-state index in [4.69, 9.17) is 11.6 Å². The molecule has 1 aromatic heterocycles. The van der Waals surface area contributed by atoms with Crippen molar-refractivity contribution in [2.75, 3.05) is 5.32 Å². The average Bonchev–Trinajstić information content (AvgIpc) is 2.95. The minimum Gasteiger partial charge on any atom is -0.298 e. The Hall–Kier alpha value is -2.17. The second-order valence-corrected chi connectivity index (χ2v) is 6.20. The topological polar surface area (TPSA) is 42.0 Å². The minimum atomic E-state index is -0.211. The van der Waals surface area contributed by atoms with E-state index >= 15 is 0 Å². The van der Waals surface area contributed by atoms with E-state index < -0.39 is 0 Å². The van der Waals surface area contributed by atoms with Gasteiger partial charge in [-0.3, -0.25) is 10.1 Å². The Morgan fingerprint density at radius 1 is 1.23 bits per heavy atom. The highest BCUT2D eigenvalue weighted by Crippen LogP contribution is 2.33. The highest BCUT2D eigenvalue weighted by atomic mass is 35.5. The lowest BCUT2D eigenvalue weighted by atomic mass is 10.2. The van der Waals surface area contributed by atoms with Crippen LogP contribution in [0, 0.1) is 6.92 Å². The van der Waals surface area contributed by atoms with Crippen molar-refractivity contribution in [1.82, 2.24) is 4.98 Å². The summed E-state index contributed by atoms with van der Waals surface area (Å²) in [7, 11) is 0. The third kappa shape index (κ3) is 3.18. The molecule has 2 aromatic carbocycles. The number of thiazole rings is 1. The van der Waals surface area contributed by atoms with E-state index in [-0.39, 0.29) is 5.91 Å². The number of hydrogen-bond acceptors (Lipinski definition) is 3. The first-order chi connectivity index (χ1) is 10.6. The monoisotopic (exact) mass is 328 g/mol. The number of benzene rings is 2. The fourth-order valence-corrected chi connectivity index (χ4v) is 3.26. The SMILES string of the molecule is Cc1ccc(Cl)c2sc(NC(=O)/C=C/c3ccccc3)nc12. The fourth-order valence-electron chi connectivity index (χ4n) is 2.04. The summed E-state index contributed by atoms with van der Waals surface area (Å²) in [6.45, 7) is 1.97. The summed E-state index contributed by atoms with van der Waals surface area (Å²) in [5.74, 6) is -0.211. The van der Waals surface area contributed by atoms with Gasteiger partial charge in [0.1, 0.15) is 0 Å². The number of anilines is 1. The number of fused-ring (bicyclic) bond motifs is 1. The van der Waals surface area contributed by atoms with E-state index in [9.17, 15) is 4.79 Å². The van der Waals surface area contributed by atoms with E-state index in [1.807, 2.05) is 49.4 Å². The Bertz CT molecular complexity index is 817. The zero-order valence-electron chi connectivity index (χ0n) is 11.8. The Morgan fingerprint density at radius 2 is 2.00 bits per heavy atom. The molecule has 5 heteroatoms. The van der Waals surface area contributed by atoms with Crippen molar-refractivity contribution in [1.29, 1.82) is 0 Å². The third-order valence-electron chi connectivity index (χ3n) is 3.15. The smallest absolute Gasteiger partial charge is 0.250 e. The number of carbonyl (C=O) groups is 1. The molecule has 0 aliphatic rings. The standard InChI is InChI=1S/C17H13ClN2OS/c1-11-7-9-13(18)16-15(11)20-17(22-16)19-14(21)10-8-12-5-3-2-4-6-12/h2-10H,1H3,(H,19,20,21)/b10-8+. The van der Waals surface area contributed by atoms with E-state index in [2.05, 4.69) is 10.3 Å². The summed E-state index contributed by atoms with van der Waals surface area (Å²) in [5, 5.41) is 3.98. The van der Waals surface area contributed by atoms with Crippen molar-refractivity contribution in [2.24, 2.45) is 0 Å². The van der Waals surface area contributed by atoms with Crippen molar-refractivity contribution in [3.05, 3.63) is 64.7 Å². The van der Waals surface area contributed by atoms with Crippen molar-refractivity contribution < 1.29 is 4.79 Å². The van der Waals surface area contributed by atoms with Crippen LogP contribution in [0.15, 0.2) is 48.5 Å². The highest BCUT2D eigenvalue weighted by Gasteiger charge is 2.10. The summed E-state index contributed by atoms with van der Waals surface area (Å²) >= 11 is 7.54. The first-order valence-electron chi connectivity index (χ1n) is 6.73. The van der Waals surface area contributed by atoms with Crippen LogP contribution < -0.4 is 5.32 Å². The summed E-state index contributed by atoms with van der Waals surface area (Å²) in [6, 6.07) is 13.4. The predicted molar refractivity (Wildman–Crippen MR) is 93.5 cm³/mol. The van der Waals surface area contributed by atoms with Gasteiger partial charge in [0.05, 0.1) is 15.2 Å². The second-order valence-electron chi connectivity index (χ2n) is 4.79. The number of hydrogen-bond donors (Lipinski definition) is 1. The van der Waals surface area contributed by atoms with Gasteiger partial charge in [0.15, 0.2) is 5.13 Å². The largest absolute Gasteiger partial charge is 0.298 e. The average molecular weight is 329 g/mol. The molecule has 22 heavy (non-hydrogen) atoms. The molecular weight excluding hydrogens is 316 g/mol. The van der Waals surface area contributed by atoms with Crippen LogP contribution in [-0.2, 0) is 4.79 Å². The minimum absolute atomic E-state index is 0.211. The van der Waals surface area contributed by atoms with Crippen molar-refractivity contribution in [3.8, 4) is 0 Å². The van der Waals surface area contributed by atoms with Gasteiger partial charge >= 0.3 is 0 Å². The Morgan fingerprint density at radius 3 is 2.73 bits per heavy atom. The Kier molecular flexibility index (Phi) is 4.22. The van der Waals surface area contributed by atoms with Crippen LogP contribution in [0.4, 0.5) is 5.13 Å². The van der Waals surface area contributed by atoms with Crippen LogP contribution in [0.5, 0.6) is 0 Å². The zero-order chi connectivity index (χ0) is 15.5. The van der Waals surface area contributed by atoms with Crippen LogP contribution in [-0.4, -0.2) is 10.9 Å². The first kappa shape index (κ1) is 14.8. The van der Waals surface area contributed by atoms with Crippen LogP contribution in [0.1, 0.15) is 11.1 Å². The highest BCUT2D eigenvalue weighted by molar-refractivity contribution is 7.23. The molecule has 0 atom stereocenters. The van der Waals surface area contributed by atoms with Crippen LogP contribution >= 0.6 is 22.9 Å². The van der Waals surface area contributed by atoms with E-state index in [1.54, 1.807) is 6.08 Å².